The van der Waals surface area contributed by atoms with Crippen LogP contribution in [0.15, 0.2) is 30.3 Å². The highest BCUT2D eigenvalue weighted by molar-refractivity contribution is 7.98. The highest BCUT2D eigenvalue weighted by Crippen LogP contribution is 2.31. The summed E-state index contributed by atoms with van der Waals surface area (Å²) in [6.45, 7) is 2.59. The number of nitrogens with zero attached hydrogens (tertiary/aromatic N) is 1. The third kappa shape index (κ3) is 5.90. The minimum Gasteiger partial charge on any atom is -0.496 e. The predicted molar refractivity (Wildman–Crippen MR) is 115 cm³/mol. The van der Waals surface area contributed by atoms with Gasteiger partial charge in [0.05, 0.1) is 7.11 Å². The highest BCUT2D eigenvalue weighted by atomic mass is 32.2. The monoisotopic (exact) mass is 433 g/mol. The maximum absolute atomic E-state index is 12.2. The zero-order valence-electron chi connectivity index (χ0n) is 16.4. The van der Waals surface area contributed by atoms with Crippen molar-refractivity contribution in [1.82, 2.24) is 4.98 Å². The van der Waals surface area contributed by atoms with E-state index in [0.29, 0.717) is 11.5 Å². The summed E-state index contributed by atoms with van der Waals surface area (Å²) in [5.41, 5.74) is 3.63. The quantitative estimate of drug-likeness (QED) is 0.627. The molecule has 1 aromatic heterocycles. The molecule has 1 aliphatic heterocycles. The summed E-state index contributed by atoms with van der Waals surface area (Å²) in [6.07, 6.45) is 0. The molecule has 0 amide bonds. The second-order valence-electron chi connectivity index (χ2n) is 6.40. The van der Waals surface area contributed by atoms with Gasteiger partial charge in [0, 0.05) is 34.1 Å². The molecule has 0 unspecified atom stereocenters. The molecule has 0 saturated carbocycles. The van der Waals surface area contributed by atoms with Crippen molar-refractivity contribution in [3.05, 3.63) is 58.4 Å². The lowest BCUT2D eigenvalue weighted by molar-refractivity contribution is 0.0515. The first-order valence-electron chi connectivity index (χ1n) is 9.21. The number of aryl methyl sites for hydroxylation is 1. The van der Waals surface area contributed by atoms with Crippen molar-refractivity contribution >= 4 is 35.5 Å². The Hall–Kier alpha value is -2.19. The van der Waals surface area contributed by atoms with Gasteiger partial charge in [0.1, 0.15) is 30.4 Å². The summed E-state index contributed by atoms with van der Waals surface area (Å²) in [7, 11) is 1.68. The zero-order chi connectivity index (χ0) is 20.6. The van der Waals surface area contributed by atoms with Crippen molar-refractivity contribution in [2.45, 2.75) is 18.4 Å². The minimum atomic E-state index is -0.549. The Balaban J connectivity index is 1.77. The predicted octanol–water partition coefficient (Wildman–Crippen LogP) is 3.89. The largest absolute Gasteiger partial charge is 0.496 e. The van der Waals surface area contributed by atoms with Crippen molar-refractivity contribution < 1.29 is 23.8 Å². The van der Waals surface area contributed by atoms with E-state index in [2.05, 4.69) is 24.0 Å². The number of esters is 2. The average Bonchev–Trinajstić information content (AvgIpc) is 2.72. The van der Waals surface area contributed by atoms with E-state index in [1.165, 1.54) is 17.7 Å². The first-order valence-corrected chi connectivity index (χ1v) is 11.5. The van der Waals surface area contributed by atoms with Crippen LogP contribution in [-0.2, 0) is 21.0 Å². The van der Waals surface area contributed by atoms with Gasteiger partial charge in [-0.2, -0.15) is 23.5 Å². The van der Waals surface area contributed by atoms with Crippen LogP contribution in [0.2, 0.25) is 0 Å². The molecule has 0 fully saturated rings. The maximum Gasteiger partial charge on any atom is 0.356 e. The number of aromatic nitrogens is 1. The van der Waals surface area contributed by atoms with E-state index in [1.807, 2.05) is 0 Å². The molecule has 154 valence electrons. The Kier molecular flexibility index (Phi) is 7.83. The Bertz CT molecular complexity index is 825. The number of pyridine rings is 1. The van der Waals surface area contributed by atoms with Gasteiger partial charge in [-0.3, -0.25) is 0 Å². The zero-order valence-corrected chi connectivity index (χ0v) is 18.1. The number of cyclic esters (lactones) is 2. The van der Waals surface area contributed by atoms with E-state index < -0.39 is 11.9 Å². The van der Waals surface area contributed by atoms with Gasteiger partial charge in [-0.05, 0) is 19.1 Å². The first-order chi connectivity index (χ1) is 14.1. The fourth-order valence-corrected chi connectivity index (χ4v) is 4.53. The van der Waals surface area contributed by atoms with Crippen molar-refractivity contribution in [2.24, 2.45) is 0 Å². The van der Waals surface area contributed by atoms with Gasteiger partial charge in [0.25, 0.3) is 0 Å². The summed E-state index contributed by atoms with van der Waals surface area (Å²) in [6, 6.07) is 8.91. The molecule has 1 aromatic carbocycles. The SMILES string of the molecule is COc1c2cc(C)cc1CSCCOC(=O)c1cccc(n1)C(=O)OCCSC2. The first kappa shape index (κ1) is 21.5. The van der Waals surface area contributed by atoms with Crippen LogP contribution in [0.25, 0.3) is 0 Å². The maximum atomic E-state index is 12.2. The normalized spacial score (nSPS) is 16.2. The van der Waals surface area contributed by atoms with Crippen LogP contribution < -0.4 is 4.74 Å². The van der Waals surface area contributed by atoms with E-state index in [0.717, 1.165) is 28.4 Å². The van der Waals surface area contributed by atoms with Crippen LogP contribution in [0.1, 0.15) is 37.7 Å². The van der Waals surface area contributed by atoms with Crippen LogP contribution in [0.5, 0.6) is 5.75 Å². The molecular formula is C21H23NO5S2. The summed E-state index contributed by atoms with van der Waals surface area (Å²) in [5, 5.41) is 0. The number of rotatable bonds is 1. The van der Waals surface area contributed by atoms with E-state index in [4.69, 9.17) is 14.2 Å². The van der Waals surface area contributed by atoms with Crippen LogP contribution in [-0.4, -0.2) is 48.8 Å². The van der Waals surface area contributed by atoms with Gasteiger partial charge >= 0.3 is 11.9 Å². The molecule has 4 bridgehead atoms. The van der Waals surface area contributed by atoms with Crippen molar-refractivity contribution in [1.29, 1.82) is 0 Å². The van der Waals surface area contributed by atoms with Gasteiger partial charge in [0.15, 0.2) is 0 Å². The minimum absolute atomic E-state index is 0.102. The number of fused-ring (bicyclic) bond motifs is 4. The van der Waals surface area contributed by atoms with Gasteiger partial charge in [-0.15, -0.1) is 0 Å². The van der Waals surface area contributed by atoms with E-state index >= 15 is 0 Å². The molecule has 0 N–H and O–H groups in total. The number of hydrogen-bond donors (Lipinski definition) is 0. The lowest BCUT2D eigenvalue weighted by atomic mass is 10.1. The molecule has 0 aliphatic carbocycles. The molecule has 0 spiro atoms. The summed E-state index contributed by atoms with van der Waals surface area (Å²) < 4.78 is 16.2. The van der Waals surface area contributed by atoms with Crippen LogP contribution in [0, 0.1) is 6.92 Å². The molecule has 29 heavy (non-hydrogen) atoms. The smallest absolute Gasteiger partial charge is 0.356 e. The summed E-state index contributed by atoms with van der Waals surface area (Å²) >= 11 is 3.35. The molecule has 8 heteroatoms. The molecule has 3 rings (SSSR count). The van der Waals surface area contributed by atoms with Gasteiger partial charge in [-0.1, -0.05) is 23.8 Å². The molecule has 2 aromatic rings. The summed E-state index contributed by atoms with van der Waals surface area (Å²) in [5.74, 6) is 2.63. The molecule has 0 atom stereocenters. The van der Waals surface area contributed by atoms with E-state index in [1.54, 1.807) is 36.7 Å². The number of methoxy groups -OCH3 is 1. The summed E-state index contributed by atoms with van der Waals surface area (Å²) in [4.78, 5) is 28.5. The van der Waals surface area contributed by atoms with Crippen molar-refractivity contribution in [3.8, 4) is 5.75 Å². The Morgan fingerprint density at radius 2 is 1.45 bits per heavy atom. The van der Waals surface area contributed by atoms with Gasteiger partial charge in [0.2, 0.25) is 0 Å². The lowest BCUT2D eigenvalue weighted by Gasteiger charge is -2.15. The third-order valence-corrected chi connectivity index (χ3v) is 6.14. The lowest BCUT2D eigenvalue weighted by Crippen LogP contribution is -2.14. The molecule has 0 saturated heterocycles. The second kappa shape index (κ2) is 10.5. The molecule has 1 aliphatic rings. The van der Waals surface area contributed by atoms with E-state index in [9.17, 15) is 9.59 Å². The van der Waals surface area contributed by atoms with Gasteiger partial charge < -0.3 is 14.2 Å². The van der Waals surface area contributed by atoms with Gasteiger partial charge in [-0.25, -0.2) is 14.6 Å². The average molecular weight is 434 g/mol. The number of carbonyl (C=O) groups is 2. The van der Waals surface area contributed by atoms with Crippen LogP contribution >= 0.6 is 23.5 Å². The fourth-order valence-electron chi connectivity index (χ4n) is 2.97. The standard InChI is InChI=1S/C21H23NO5S2/c1-14-10-15-12-28-8-6-26-20(23)17-4-3-5-18(22-17)21(24)27-7-9-29-13-16(11-14)19(15)25-2/h3-5,10-11H,6-9,12-13H2,1-2H3. The number of carbonyl (C=O) groups excluding carboxylic acids is 2. The van der Waals surface area contributed by atoms with Crippen molar-refractivity contribution in [2.75, 3.05) is 31.8 Å². The van der Waals surface area contributed by atoms with E-state index in [-0.39, 0.29) is 24.6 Å². The fraction of sp³-hybridized carbons (Fsp3) is 0.381. The number of ether oxygens (including phenoxy) is 3. The number of hydrogen-bond acceptors (Lipinski definition) is 8. The molecule has 0 radical (unpaired) electrons. The Labute approximate surface area is 178 Å². The number of thioether (sulfide) groups is 2. The molecule has 6 nitrogen and oxygen atoms in total. The Morgan fingerprint density at radius 1 is 0.931 bits per heavy atom. The second-order valence-corrected chi connectivity index (χ2v) is 8.61. The third-order valence-electron chi connectivity index (χ3n) is 4.20. The van der Waals surface area contributed by atoms with Crippen LogP contribution in [0.4, 0.5) is 0 Å². The highest BCUT2D eigenvalue weighted by Gasteiger charge is 2.16. The van der Waals surface area contributed by atoms with Crippen LogP contribution in [0.3, 0.4) is 0 Å². The topological polar surface area (TPSA) is 74.7 Å². The Morgan fingerprint density at radius 3 is 1.93 bits per heavy atom. The molecule has 2 heterocycles. The number of benzene rings is 1. The molecular weight excluding hydrogens is 410 g/mol. The van der Waals surface area contributed by atoms with Crippen molar-refractivity contribution in [3.63, 3.8) is 0 Å².